The molecule has 4 heteroatoms. The maximum absolute atomic E-state index is 12.0. The van der Waals surface area contributed by atoms with Gasteiger partial charge in [-0.15, -0.1) is 0 Å². The molecule has 1 saturated carbocycles. The third-order valence-corrected chi connectivity index (χ3v) is 4.60. The molecule has 0 unspecified atom stereocenters. The minimum atomic E-state index is -0.414. The van der Waals surface area contributed by atoms with Gasteiger partial charge in [-0.2, -0.15) is 0 Å². The molecule has 0 bridgehead atoms. The van der Waals surface area contributed by atoms with E-state index >= 15 is 0 Å². The Hall–Kier alpha value is -1.06. The molecule has 1 aliphatic carbocycles. The fourth-order valence-corrected chi connectivity index (χ4v) is 3.38. The van der Waals surface area contributed by atoms with Crippen molar-refractivity contribution in [3.05, 3.63) is 0 Å². The van der Waals surface area contributed by atoms with E-state index in [-0.39, 0.29) is 6.09 Å². The summed E-state index contributed by atoms with van der Waals surface area (Å²) >= 11 is 0. The summed E-state index contributed by atoms with van der Waals surface area (Å²) in [6.07, 6.45) is 6.91. The van der Waals surface area contributed by atoms with Gasteiger partial charge in [0, 0.05) is 25.9 Å². The Morgan fingerprint density at radius 3 is 2.14 bits per heavy atom. The van der Waals surface area contributed by atoms with Crippen LogP contribution in [0.1, 0.15) is 65.7 Å². The van der Waals surface area contributed by atoms with E-state index < -0.39 is 5.60 Å². The largest absolute Gasteiger partial charge is 0.444 e. The molecule has 2 fully saturated rings. The summed E-state index contributed by atoms with van der Waals surface area (Å²) < 4.78 is 5.42. The minimum absolute atomic E-state index is 0.177. The van der Waals surface area contributed by atoms with Crippen molar-refractivity contribution >= 4 is 11.9 Å². The summed E-state index contributed by atoms with van der Waals surface area (Å²) in [4.78, 5) is 25.1. The van der Waals surface area contributed by atoms with Gasteiger partial charge in [-0.3, -0.25) is 4.79 Å². The number of amides is 1. The average molecular weight is 295 g/mol. The SMILES string of the molecule is CC(C)(C)OC(=O)N1CCC(CC2CCC(=O)CC2)CC1. The quantitative estimate of drug-likeness (QED) is 0.779. The molecule has 0 spiro atoms. The number of ketones is 1. The standard InChI is InChI=1S/C17H29NO3/c1-17(2,3)21-16(20)18-10-8-14(9-11-18)12-13-4-6-15(19)7-5-13/h13-14H,4-12H2,1-3H3. The van der Waals surface area contributed by atoms with Gasteiger partial charge in [0.2, 0.25) is 0 Å². The molecular formula is C17H29NO3. The summed E-state index contributed by atoms with van der Waals surface area (Å²) in [7, 11) is 0. The van der Waals surface area contributed by atoms with Crippen molar-refractivity contribution < 1.29 is 14.3 Å². The Labute approximate surface area is 128 Å². The van der Waals surface area contributed by atoms with Gasteiger partial charge in [-0.25, -0.2) is 4.79 Å². The van der Waals surface area contributed by atoms with Crippen LogP contribution in [-0.2, 0) is 9.53 Å². The van der Waals surface area contributed by atoms with Crippen molar-refractivity contribution in [2.75, 3.05) is 13.1 Å². The Morgan fingerprint density at radius 2 is 1.62 bits per heavy atom. The first-order chi connectivity index (χ1) is 9.83. The molecule has 0 aromatic carbocycles. The first kappa shape index (κ1) is 16.3. The number of hydrogen-bond donors (Lipinski definition) is 0. The molecule has 1 saturated heterocycles. The van der Waals surface area contributed by atoms with Gasteiger partial charge >= 0.3 is 6.09 Å². The lowest BCUT2D eigenvalue weighted by molar-refractivity contribution is -0.121. The highest BCUT2D eigenvalue weighted by atomic mass is 16.6. The van der Waals surface area contributed by atoms with Crippen LogP contribution in [0.25, 0.3) is 0 Å². The molecule has 2 aliphatic rings. The van der Waals surface area contributed by atoms with Crippen LogP contribution >= 0.6 is 0 Å². The van der Waals surface area contributed by atoms with E-state index in [0.29, 0.717) is 11.7 Å². The van der Waals surface area contributed by atoms with Crippen molar-refractivity contribution in [2.45, 2.75) is 71.3 Å². The second kappa shape index (κ2) is 6.80. The predicted octanol–water partition coefficient (Wildman–Crippen LogP) is 3.78. The molecule has 4 nitrogen and oxygen atoms in total. The summed E-state index contributed by atoms with van der Waals surface area (Å²) in [5, 5.41) is 0. The van der Waals surface area contributed by atoms with Crippen molar-refractivity contribution in [1.82, 2.24) is 4.90 Å². The lowest BCUT2D eigenvalue weighted by Gasteiger charge is -2.35. The van der Waals surface area contributed by atoms with Crippen molar-refractivity contribution in [2.24, 2.45) is 11.8 Å². The van der Waals surface area contributed by atoms with Gasteiger partial charge in [0.25, 0.3) is 0 Å². The smallest absolute Gasteiger partial charge is 0.410 e. The number of hydrogen-bond acceptors (Lipinski definition) is 3. The number of carbonyl (C=O) groups is 2. The fraction of sp³-hybridized carbons (Fsp3) is 0.882. The van der Waals surface area contributed by atoms with Gasteiger partial charge in [-0.1, -0.05) is 0 Å². The monoisotopic (exact) mass is 295 g/mol. The number of likely N-dealkylation sites (tertiary alicyclic amines) is 1. The van der Waals surface area contributed by atoms with Crippen LogP contribution in [-0.4, -0.2) is 35.5 Å². The second-order valence-electron chi connectivity index (χ2n) is 7.63. The van der Waals surface area contributed by atoms with E-state index in [1.165, 1.54) is 6.42 Å². The first-order valence-corrected chi connectivity index (χ1v) is 8.33. The van der Waals surface area contributed by atoms with E-state index in [9.17, 15) is 9.59 Å². The zero-order valence-corrected chi connectivity index (χ0v) is 13.7. The van der Waals surface area contributed by atoms with Crippen molar-refractivity contribution in [1.29, 1.82) is 0 Å². The molecule has 2 rings (SSSR count). The van der Waals surface area contributed by atoms with Crippen LogP contribution in [0.2, 0.25) is 0 Å². The van der Waals surface area contributed by atoms with Crippen LogP contribution in [0.15, 0.2) is 0 Å². The van der Waals surface area contributed by atoms with Crippen LogP contribution in [0, 0.1) is 11.8 Å². The van der Waals surface area contributed by atoms with E-state index in [1.807, 2.05) is 25.7 Å². The maximum Gasteiger partial charge on any atom is 0.410 e. The molecular weight excluding hydrogens is 266 g/mol. The molecule has 21 heavy (non-hydrogen) atoms. The highest BCUT2D eigenvalue weighted by molar-refractivity contribution is 5.79. The topological polar surface area (TPSA) is 46.6 Å². The zero-order valence-electron chi connectivity index (χ0n) is 13.7. The molecule has 0 radical (unpaired) electrons. The molecule has 120 valence electrons. The molecule has 1 amide bonds. The molecule has 0 N–H and O–H groups in total. The Kier molecular flexibility index (Phi) is 5.28. The van der Waals surface area contributed by atoms with Gasteiger partial charge in [0.15, 0.2) is 0 Å². The zero-order chi connectivity index (χ0) is 15.5. The second-order valence-corrected chi connectivity index (χ2v) is 7.63. The molecule has 0 aromatic heterocycles. The summed E-state index contributed by atoms with van der Waals surface area (Å²) in [5.41, 5.74) is -0.414. The summed E-state index contributed by atoms with van der Waals surface area (Å²) in [5.74, 6) is 1.87. The number of ether oxygens (including phenoxy) is 1. The third-order valence-electron chi connectivity index (χ3n) is 4.60. The van der Waals surface area contributed by atoms with Gasteiger partial charge in [0.05, 0.1) is 0 Å². The molecule has 0 atom stereocenters. The maximum atomic E-state index is 12.0. The van der Waals surface area contributed by atoms with Crippen LogP contribution in [0.4, 0.5) is 4.79 Å². The van der Waals surface area contributed by atoms with E-state index in [0.717, 1.165) is 57.5 Å². The number of nitrogens with zero attached hydrogens (tertiary/aromatic N) is 1. The predicted molar refractivity (Wildman–Crippen MR) is 82.1 cm³/mol. The number of piperidine rings is 1. The van der Waals surface area contributed by atoms with Crippen LogP contribution in [0.5, 0.6) is 0 Å². The number of carbonyl (C=O) groups excluding carboxylic acids is 2. The van der Waals surface area contributed by atoms with Gasteiger partial charge in [-0.05, 0) is 64.7 Å². The number of rotatable bonds is 2. The molecule has 0 aromatic rings. The normalized spacial score (nSPS) is 22.4. The minimum Gasteiger partial charge on any atom is -0.444 e. The third kappa shape index (κ3) is 5.33. The Morgan fingerprint density at radius 1 is 1.10 bits per heavy atom. The summed E-state index contributed by atoms with van der Waals surface area (Å²) in [6.45, 7) is 7.34. The lowest BCUT2D eigenvalue weighted by atomic mass is 9.79. The molecule has 1 heterocycles. The average Bonchev–Trinajstić information content (AvgIpc) is 2.40. The lowest BCUT2D eigenvalue weighted by Crippen LogP contribution is -2.42. The van der Waals surface area contributed by atoms with Crippen molar-refractivity contribution in [3.8, 4) is 0 Å². The first-order valence-electron chi connectivity index (χ1n) is 8.33. The Bertz CT molecular complexity index is 368. The van der Waals surface area contributed by atoms with Crippen LogP contribution < -0.4 is 0 Å². The fourth-order valence-electron chi connectivity index (χ4n) is 3.38. The highest BCUT2D eigenvalue weighted by Gasteiger charge is 2.29. The number of Topliss-reactive ketones (excluding diaryl/α,β-unsaturated/α-hetero) is 1. The van der Waals surface area contributed by atoms with E-state index in [1.54, 1.807) is 0 Å². The van der Waals surface area contributed by atoms with Gasteiger partial charge < -0.3 is 9.64 Å². The van der Waals surface area contributed by atoms with E-state index in [4.69, 9.17) is 4.74 Å². The van der Waals surface area contributed by atoms with E-state index in [2.05, 4.69) is 0 Å². The molecule has 1 aliphatic heterocycles. The van der Waals surface area contributed by atoms with Crippen molar-refractivity contribution in [3.63, 3.8) is 0 Å². The Balaban J connectivity index is 1.71. The summed E-state index contributed by atoms with van der Waals surface area (Å²) in [6, 6.07) is 0. The van der Waals surface area contributed by atoms with Crippen LogP contribution in [0.3, 0.4) is 0 Å². The highest BCUT2D eigenvalue weighted by Crippen LogP contribution is 2.32. The van der Waals surface area contributed by atoms with Gasteiger partial charge in [0.1, 0.15) is 11.4 Å².